The Bertz CT molecular complexity index is 538. The zero-order chi connectivity index (χ0) is 18.9. The molecule has 0 aliphatic rings. The number of alkyl halides is 9. The summed E-state index contributed by atoms with van der Waals surface area (Å²) >= 11 is 0. The van der Waals surface area contributed by atoms with E-state index in [0.717, 1.165) is 0 Å². The Hall–Kier alpha value is -1.21. The van der Waals surface area contributed by atoms with Crippen molar-refractivity contribution in [1.82, 2.24) is 0 Å². The van der Waals surface area contributed by atoms with E-state index in [1.807, 2.05) is 0 Å². The average Bonchev–Trinajstić information content (AvgIpc) is 2.32. The van der Waals surface area contributed by atoms with Gasteiger partial charge in [-0.15, -0.1) is 0 Å². The van der Waals surface area contributed by atoms with Crippen LogP contribution in [0.2, 0.25) is 0 Å². The number of carboxylic acids is 1. The van der Waals surface area contributed by atoms with Gasteiger partial charge in [-0.05, 0) is 0 Å². The maximum Gasteiger partial charge on any atom is 0.460 e. The summed E-state index contributed by atoms with van der Waals surface area (Å²) in [6.45, 7) is 0. The first-order chi connectivity index (χ1) is 9.87. The summed E-state index contributed by atoms with van der Waals surface area (Å²) in [5.41, 5.74) is 0. The molecule has 4 nitrogen and oxygen atoms in total. The van der Waals surface area contributed by atoms with Gasteiger partial charge in [-0.3, -0.25) is 4.79 Å². The highest BCUT2D eigenvalue weighted by Gasteiger charge is 2.81. The Kier molecular flexibility index (Phi) is 6.02. The van der Waals surface area contributed by atoms with Crippen LogP contribution in [-0.2, 0) is 14.6 Å². The van der Waals surface area contributed by atoms with Crippen LogP contribution in [0.4, 0.5) is 39.5 Å². The molecule has 0 radical (unpaired) electrons. The van der Waals surface area contributed by atoms with Gasteiger partial charge in [0.2, 0.25) is 0 Å². The van der Waals surface area contributed by atoms with Crippen molar-refractivity contribution in [3.05, 3.63) is 0 Å². The van der Waals surface area contributed by atoms with Gasteiger partial charge in [0.1, 0.15) is 0 Å². The highest BCUT2D eigenvalue weighted by molar-refractivity contribution is 7.91. The van der Waals surface area contributed by atoms with Gasteiger partial charge in [-0.1, -0.05) is 0 Å². The van der Waals surface area contributed by atoms with E-state index < -0.39 is 64.1 Å². The van der Waals surface area contributed by atoms with E-state index in [0.29, 0.717) is 0 Å². The molecule has 0 aliphatic carbocycles. The molecule has 0 aromatic carbocycles. The van der Waals surface area contributed by atoms with Crippen molar-refractivity contribution in [2.24, 2.45) is 0 Å². The van der Waals surface area contributed by atoms with Gasteiger partial charge in [0.25, 0.3) is 0 Å². The zero-order valence-electron chi connectivity index (χ0n) is 10.8. The van der Waals surface area contributed by atoms with Crippen molar-refractivity contribution >= 4 is 15.8 Å². The van der Waals surface area contributed by atoms with Crippen molar-refractivity contribution in [3.63, 3.8) is 0 Å². The lowest BCUT2D eigenvalue weighted by Crippen LogP contribution is -2.61. The summed E-state index contributed by atoms with van der Waals surface area (Å²) < 4.78 is 134. The predicted molar refractivity (Wildman–Crippen MR) is 56.4 cm³/mol. The number of carboxylic acid groups (broad SMARTS) is 1. The Balaban J connectivity index is 5.24. The van der Waals surface area contributed by atoms with E-state index in [2.05, 4.69) is 0 Å². The van der Waals surface area contributed by atoms with Crippen LogP contribution in [0.1, 0.15) is 12.8 Å². The van der Waals surface area contributed by atoms with Crippen LogP contribution in [-0.4, -0.2) is 54.9 Å². The lowest BCUT2D eigenvalue weighted by Gasteiger charge is -2.33. The fourth-order valence-electron chi connectivity index (χ4n) is 1.19. The second-order valence-corrected chi connectivity index (χ2v) is 6.70. The molecular weight excluding hydrogens is 375 g/mol. The maximum atomic E-state index is 13.0. The smallest absolute Gasteiger partial charge is 0.460 e. The summed E-state index contributed by atoms with van der Waals surface area (Å²) in [7, 11) is -4.67. The number of halogens is 9. The fourth-order valence-corrected chi connectivity index (χ4v) is 2.45. The molecule has 14 heteroatoms. The minimum absolute atomic E-state index is 1.08. The third-order valence-corrected chi connectivity index (χ3v) is 4.22. The van der Waals surface area contributed by atoms with E-state index in [9.17, 15) is 52.7 Å². The van der Waals surface area contributed by atoms with Gasteiger partial charge in [0.15, 0.2) is 9.84 Å². The van der Waals surface area contributed by atoms with Crippen molar-refractivity contribution in [1.29, 1.82) is 0 Å². The second kappa shape index (κ2) is 6.36. The molecule has 138 valence electrons. The molecule has 0 rings (SSSR count). The van der Waals surface area contributed by atoms with Crippen LogP contribution in [0, 0.1) is 0 Å². The van der Waals surface area contributed by atoms with Crippen molar-refractivity contribution in [2.45, 2.75) is 36.8 Å². The first-order valence-corrected chi connectivity index (χ1v) is 7.32. The van der Waals surface area contributed by atoms with Gasteiger partial charge >= 0.3 is 29.9 Å². The lowest BCUT2D eigenvalue weighted by atomic mass is 10.0. The van der Waals surface area contributed by atoms with E-state index in [1.54, 1.807) is 0 Å². The maximum absolute atomic E-state index is 13.0. The van der Waals surface area contributed by atoms with E-state index in [1.165, 1.54) is 0 Å². The normalized spacial score (nSPS) is 14.8. The summed E-state index contributed by atoms with van der Waals surface area (Å²) in [6.07, 6.45) is -10.6. The van der Waals surface area contributed by atoms with E-state index in [4.69, 9.17) is 5.11 Å². The van der Waals surface area contributed by atoms with Gasteiger partial charge < -0.3 is 5.11 Å². The molecular formula is C9H9F9O4S. The van der Waals surface area contributed by atoms with Gasteiger partial charge in [0, 0.05) is 6.42 Å². The minimum atomic E-state index is -7.09. The zero-order valence-corrected chi connectivity index (χ0v) is 11.6. The molecule has 0 heterocycles. The first-order valence-electron chi connectivity index (χ1n) is 5.50. The summed E-state index contributed by atoms with van der Waals surface area (Å²) in [6, 6.07) is 0. The molecule has 0 atom stereocenters. The Labute approximate surface area is 123 Å². The largest absolute Gasteiger partial charge is 0.481 e. The first kappa shape index (κ1) is 21.8. The molecule has 0 aromatic heterocycles. The number of aliphatic carboxylic acids is 1. The third kappa shape index (κ3) is 4.88. The van der Waals surface area contributed by atoms with Gasteiger partial charge in [-0.2, -0.15) is 39.5 Å². The van der Waals surface area contributed by atoms with Crippen LogP contribution in [0.5, 0.6) is 0 Å². The Morgan fingerprint density at radius 1 is 0.826 bits per heavy atom. The fraction of sp³-hybridized carbons (Fsp3) is 0.889. The van der Waals surface area contributed by atoms with Crippen LogP contribution in [0.25, 0.3) is 0 Å². The van der Waals surface area contributed by atoms with E-state index >= 15 is 0 Å². The Morgan fingerprint density at radius 2 is 1.26 bits per heavy atom. The number of sulfone groups is 1. The summed E-state index contributed by atoms with van der Waals surface area (Å²) in [5, 5.41) is 8.17. The lowest BCUT2D eigenvalue weighted by molar-refractivity contribution is -0.396. The third-order valence-electron chi connectivity index (χ3n) is 2.56. The highest BCUT2D eigenvalue weighted by Crippen LogP contribution is 2.54. The molecule has 0 amide bonds. The van der Waals surface area contributed by atoms with Crippen LogP contribution < -0.4 is 0 Å². The SMILES string of the molecule is O=C(O)CCS(=O)(=O)CCC(F)(F)C(F)(F)C(F)(F)C(F)(F)F. The quantitative estimate of drug-likeness (QED) is 0.654. The van der Waals surface area contributed by atoms with E-state index in [-0.39, 0.29) is 0 Å². The standard InChI is InChI=1S/C9H9F9O4S/c10-6(11,2-4-23(21,22)3-1-5(19)20)7(12,13)8(14,15)9(16,17)18/h1-4H2,(H,19,20). The number of hydrogen-bond acceptors (Lipinski definition) is 3. The predicted octanol–water partition coefficient (Wildman–Crippen LogP) is 2.73. The molecule has 0 saturated carbocycles. The number of rotatable bonds is 8. The monoisotopic (exact) mass is 384 g/mol. The van der Waals surface area contributed by atoms with Gasteiger partial charge in [0.05, 0.1) is 17.9 Å². The molecule has 23 heavy (non-hydrogen) atoms. The molecule has 0 fully saturated rings. The number of carbonyl (C=O) groups is 1. The second-order valence-electron chi connectivity index (χ2n) is 4.40. The molecule has 0 aromatic rings. The molecule has 0 bridgehead atoms. The van der Waals surface area contributed by atoms with Crippen molar-refractivity contribution in [3.8, 4) is 0 Å². The van der Waals surface area contributed by atoms with Crippen molar-refractivity contribution in [2.75, 3.05) is 11.5 Å². The molecule has 0 saturated heterocycles. The summed E-state index contributed by atoms with van der Waals surface area (Å²) in [5.74, 6) is -24.8. The van der Waals surface area contributed by atoms with Crippen LogP contribution in [0.3, 0.4) is 0 Å². The molecule has 1 N–H and O–H groups in total. The van der Waals surface area contributed by atoms with Crippen LogP contribution >= 0.6 is 0 Å². The van der Waals surface area contributed by atoms with Crippen molar-refractivity contribution < 1.29 is 57.8 Å². The topological polar surface area (TPSA) is 71.4 Å². The van der Waals surface area contributed by atoms with Gasteiger partial charge in [-0.25, -0.2) is 8.42 Å². The van der Waals surface area contributed by atoms with Crippen LogP contribution in [0.15, 0.2) is 0 Å². The molecule has 0 aliphatic heterocycles. The molecule has 0 spiro atoms. The summed E-state index contributed by atoms with van der Waals surface area (Å²) in [4.78, 5) is 10.1. The number of hydrogen-bond donors (Lipinski definition) is 1. The Morgan fingerprint density at radius 3 is 1.61 bits per heavy atom. The minimum Gasteiger partial charge on any atom is -0.481 e. The molecule has 0 unspecified atom stereocenters. The average molecular weight is 384 g/mol. The highest BCUT2D eigenvalue weighted by atomic mass is 32.2.